The summed E-state index contributed by atoms with van der Waals surface area (Å²) < 4.78 is 0.905. The second-order valence-electron chi connectivity index (χ2n) is 2.75. The van der Waals surface area contributed by atoms with Crippen molar-refractivity contribution in [2.45, 2.75) is 12.2 Å². The van der Waals surface area contributed by atoms with Gasteiger partial charge in [0.2, 0.25) is 0 Å². The Labute approximate surface area is 84.8 Å². The molecule has 0 aliphatic heterocycles. The summed E-state index contributed by atoms with van der Waals surface area (Å²) >= 11 is 3.26. The maximum absolute atomic E-state index is 9.45. The van der Waals surface area contributed by atoms with Crippen LogP contribution in [0.1, 0.15) is 11.7 Å². The second kappa shape index (κ2) is 4.72. The topological polar surface area (TPSA) is 60.7 Å². The largest absolute Gasteiger partial charge is 0.394 e. The third kappa shape index (κ3) is 2.77. The van der Waals surface area contributed by atoms with E-state index in [9.17, 15) is 5.11 Å². The Balaban J connectivity index is 2.77. The van der Waals surface area contributed by atoms with Crippen molar-refractivity contribution >= 4 is 15.9 Å². The molecule has 4 heteroatoms. The van der Waals surface area contributed by atoms with Crippen LogP contribution in [0.4, 0.5) is 0 Å². The fraction of sp³-hybridized carbons (Fsp3) is 0.333. The van der Waals surface area contributed by atoms with Crippen LogP contribution in [0.15, 0.2) is 28.7 Å². The van der Waals surface area contributed by atoms with Crippen molar-refractivity contribution < 1.29 is 15.3 Å². The molecule has 1 aromatic carbocycles. The molecule has 0 spiro atoms. The predicted molar refractivity (Wildman–Crippen MR) is 52.2 cm³/mol. The highest BCUT2D eigenvalue weighted by molar-refractivity contribution is 9.10. The van der Waals surface area contributed by atoms with E-state index in [4.69, 9.17) is 10.2 Å². The predicted octanol–water partition coefficient (Wildman–Crippen LogP) is 0.836. The molecule has 0 saturated carbocycles. The lowest BCUT2D eigenvalue weighted by molar-refractivity contribution is -0.0152. The minimum atomic E-state index is -1.12. The van der Waals surface area contributed by atoms with Gasteiger partial charge in [0.15, 0.2) is 0 Å². The maximum Gasteiger partial charge on any atom is 0.107 e. The Hall–Kier alpha value is -0.420. The van der Waals surface area contributed by atoms with Gasteiger partial charge in [0.05, 0.1) is 6.61 Å². The van der Waals surface area contributed by atoms with Crippen molar-refractivity contribution in [3.05, 3.63) is 34.3 Å². The van der Waals surface area contributed by atoms with Crippen molar-refractivity contribution in [2.24, 2.45) is 0 Å². The first kappa shape index (κ1) is 10.7. The molecule has 0 aliphatic carbocycles. The summed E-state index contributed by atoms with van der Waals surface area (Å²) in [5, 5.41) is 27.2. The van der Waals surface area contributed by atoms with Crippen LogP contribution in [0.2, 0.25) is 0 Å². The smallest absolute Gasteiger partial charge is 0.107 e. The normalized spacial score (nSPS) is 15.4. The Morgan fingerprint density at radius 1 is 1.15 bits per heavy atom. The molecule has 0 heterocycles. The molecule has 2 unspecified atom stereocenters. The highest BCUT2D eigenvalue weighted by atomic mass is 79.9. The lowest BCUT2D eigenvalue weighted by Gasteiger charge is -2.15. The van der Waals surface area contributed by atoms with Gasteiger partial charge in [0, 0.05) is 4.47 Å². The molecule has 0 fully saturated rings. The molecule has 1 aromatic rings. The number of halogens is 1. The van der Waals surface area contributed by atoms with E-state index in [1.807, 2.05) is 0 Å². The van der Waals surface area contributed by atoms with E-state index in [0.717, 1.165) is 4.47 Å². The standard InChI is InChI=1S/C9H11BrO3/c10-7-3-1-6(2-4-7)9(13)8(12)5-11/h1-4,8-9,11-13H,5H2. The highest BCUT2D eigenvalue weighted by Crippen LogP contribution is 2.19. The van der Waals surface area contributed by atoms with Crippen LogP contribution in [-0.4, -0.2) is 28.0 Å². The van der Waals surface area contributed by atoms with E-state index in [-0.39, 0.29) is 0 Å². The average molecular weight is 247 g/mol. The molecule has 3 nitrogen and oxygen atoms in total. The quantitative estimate of drug-likeness (QED) is 0.741. The van der Waals surface area contributed by atoms with Crippen LogP contribution in [0.25, 0.3) is 0 Å². The molecule has 0 aromatic heterocycles. The van der Waals surface area contributed by atoms with Gasteiger partial charge in [-0.25, -0.2) is 0 Å². The number of hydrogen-bond acceptors (Lipinski definition) is 3. The van der Waals surface area contributed by atoms with Gasteiger partial charge >= 0.3 is 0 Å². The van der Waals surface area contributed by atoms with Crippen molar-refractivity contribution in [2.75, 3.05) is 6.61 Å². The van der Waals surface area contributed by atoms with Crippen LogP contribution in [0.5, 0.6) is 0 Å². The summed E-state index contributed by atoms with van der Waals surface area (Å²) in [6, 6.07) is 6.91. The number of benzene rings is 1. The van der Waals surface area contributed by atoms with Crippen LogP contribution >= 0.6 is 15.9 Å². The maximum atomic E-state index is 9.45. The monoisotopic (exact) mass is 246 g/mol. The SMILES string of the molecule is OCC(O)C(O)c1ccc(Br)cc1. The van der Waals surface area contributed by atoms with Crippen molar-refractivity contribution in [3.63, 3.8) is 0 Å². The Bertz CT molecular complexity index is 260. The van der Waals surface area contributed by atoms with E-state index >= 15 is 0 Å². The zero-order chi connectivity index (χ0) is 9.84. The molecule has 2 atom stereocenters. The molecule has 13 heavy (non-hydrogen) atoms. The summed E-state index contributed by atoms with van der Waals surface area (Å²) in [5.41, 5.74) is 0.588. The minimum Gasteiger partial charge on any atom is -0.394 e. The highest BCUT2D eigenvalue weighted by Gasteiger charge is 2.16. The summed E-state index contributed by atoms with van der Waals surface area (Å²) in [6.45, 7) is -0.447. The average Bonchev–Trinajstić information content (AvgIpc) is 2.17. The molecule has 0 saturated heterocycles. The zero-order valence-electron chi connectivity index (χ0n) is 6.89. The third-order valence-corrected chi connectivity index (χ3v) is 2.29. The molecule has 72 valence electrons. The van der Waals surface area contributed by atoms with Gasteiger partial charge < -0.3 is 15.3 Å². The molecular weight excluding hydrogens is 236 g/mol. The molecule has 3 N–H and O–H groups in total. The summed E-state index contributed by atoms with van der Waals surface area (Å²) in [6.07, 6.45) is -2.15. The first-order valence-electron chi connectivity index (χ1n) is 3.87. The van der Waals surface area contributed by atoms with Gasteiger partial charge in [-0.1, -0.05) is 28.1 Å². The van der Waals surface area contributed by atoms with Crippen LogP contribution in [0.3, 0.4) is 0 Å². The summed E-state index contributed by atoms with van der Waals surface area (Å²) in [7, 11) is 0. The van der Waals surface area contributed by atoms with Gasteiger partial charge in [-0.3, -0.25) is 0 Å². The van der Waals surface area contributed by atoms with E-state index in [0.29, 0.717) is 5.56 Å². The summed E-state index contributed by atoms with van der Waals surface area (Å²) in [5.74, 6) is 0. The Morgan fingerprint density at radius 2 is 1.69 bits per heavy atom. The number of aliphatic hydroxyl groups excluding tert-OH is 3. The zero-order valence-corrected chi connectivity index (χ0v) is 8.48. The van der Waals surface area contributed by atoms with Crippen molar-refractivity contribution in [1.82, 2.24) is 0 Å². The molecule has 0 bridgehead atoms. The van der Waals surface area contributed by atoms with Gasteiger partial charge in [0.1, 0.15) is 12.2 Å². The van der Waals surface area contributed by atoms with E-state index in [2.05, 4.69) is 15.9 Å². The van der Waals surface area contributed by atoms with E-state index in [1.54, 1.807) is 24.3 Å². The van der Waals surface area contributed by atoms with Gasteiger partial charge in [-0.15, -0.1) is 0 Å². The van der Waals surface area contributed by atoms with Crippen LogP contribution in [0, 0.1) is 0 Å². The molecule has 0 aliphatic rings. The number of hydrogen-bond donors (Lipinski definition) is 3. The van der Waals surface area contributed by atoms with E-state index < -0.39 is 18.8 Å². The first-order chi connectivity index (χ1) is 6.15. The van der Waals surface area contributed by atoms with Crippen LogP contribution in [-0.2, 0) is 0 Å². The van der Waals surface area contributed by atoms with Crippen molar-refractivity contribution in [3.8, 4) is 0 Å². The third-order valence-electron chi connectivity index (χ3n) is 1.76. The molecule has 0 radical (unpaired) electrons. The van der Waals surface area contributed by atoms with Gasteiger partial charge in [-0.2, -0.15) is 0 Å². The summed E-state index contributed by atoms with van der Waals surface area (Å²) in [4.78, 5) is 0. The first-order valence-corrected chi connectivity index (χ1v) is 4.67. The number of rotatable bonds is 3. The fourth-order valence-electron chi connectivity index (χ4n) is 0.982. The van der Waals surface area contributed by atoms with Gasteiger partial charge in [-0.05, 0) is 17.7 Å². The second-order valence-corrected chi connectivity index (χ2v) is 3.66. The Morgan fingerprint density at radius 3 is 2.15 bits per heavy atom. The number of aliphatic hydroxyl groups is 3. The Kier molecular flexibility index (Phi) is 3.87. The lowest BCUT2D eigenvalue weighted by Crippen LogP contribution is -2.21. The van der Waals surface area contributed by atoms with Gasteiger partial charge in [0.25, 0.3) is 0 Å². The van der Waals surface area contributed by atoms with E-state index in [1.165, 1.54) is 0 Å². The van der Waals surface area contributed by atoms with Crippen LogP contribution < -0.4 is 0 Å². The molecular formula is C9H11BrO3. The molecule has 0 amide bonds. The van der Waals surface area contributed by atoms with Crippen molar-refractivity contribution in [1.29, 1.82) is 0 Å². The lowest BCUT2D eigenvalue weighted by atomic mass is 10.1. The minimum absolute atomic E-state index is 0.447. The fourth-order valence-corrected chi connectivity index (χ4v) is 1.25. The molecule has 1 rings (SSSR count).